The van der Waals surface area contributed by atoms with Gasteiger partial charge in [-0.15, -0.1) is 0 Å². The highest BCUT2D eigenvalue weighted by Gasteiger charge is 2.22. The van der Waals surface area contributed by atoms with Gasteiger partial charge >= 0.3 is 0 Å². The third-order valence-electron chi connectivity index (χ3n) is 2.72. The molecule has 0 radical (unpaired) electrons. The first-order chi connectivity index (χ1) is 9.06. The van der Waals surface area contributed by atoms with E-state index in [1.54, 1.807) is 31.2 Å². The van der Waals surface area contributed by atoms with E-state index in [2.05, 4.69) is 0 Å². The van der Waals surface area contributed by atoms with Crippen LogP contribution in [0.1, 0.15) is 18.9 Å². The molecule has 0 bridgehead atoms. The molecule has 1 aromatic rings. The third-order valence-corrected chi connectivity index (χ3v) is 4.55. The molecule has 0 N–H and O–H groups in total. The van der Waals surface area contributed by atoms with Crippen molar-refractivity contribution >= 4 is 32.8 Å². The second kappa shape index (κ2) is 5.77. The summed E-state index contributed by atoms with van der Waals surface area (Å²) in [5.74, 6) is 0. The second-order valence-electron chi connectivity index (χ2n) is 3.99. The van der Waals surface area contributed by atoms with Crippen molar-refractivity contribution in [3.8, 4) is 0 Å². The van der Waals surface area contributed by atoms with Crippen molar-refractivity contribution in [2.45, 2.75) is 18.2 Å². The Morgan fingerprint density at radius 3 is 2.74 bits per heavy atom. The molecule has 100 valence electrons. The van der Waals surface area contributed by atoms with E-state index in [4.69, 9.17) is 16.4 Å². The molecule has 0 saturated carbocycles. The predicted octanol–water partition coefficient (Wildman–Crippen LogP) is 3.13. The van der Waals surface area contributed by atoms with Gasteiger partial charge in [0.25, 0.3) is 10.1 Å². The molecular weight excluding hydrogens is 280 g/mol. The number of allylic oxidation sites excluding steroid dienone is 4. The minimum Gasteiger partial charge on any atom is -0.267 e. The highest BCUT2D eigenvalue weighted by Crippen LogP contribution is 2.28. The fourth-order valence-corrected chi connectivity index (χ4v) is 3.31. The molecule has 1 aromatic carbocycles. The molecule has 0 heterocycles. The summed E-state index contributed by atoms with van der Waals surface area (Å²) in [7, 11) is -3.74. The average molecular weight is 294 g/mol. The van der Waals surface area contributed by atoms with E-state index in [1.165, 1.54) is 0 Å². The number of rotatable bonds is 4. The van der Waals surface area contributed by atoms with Crippen molar-refractivity contribution in [2.24, 2.45) is 0 Å². The van der Waals surface area contributed by atoms with Crippen LogP contribution in [-0.4, -0.2) is 19.9 Å². The first-order valence-corrected chi connectivity index (χ1v) is 7.77. The highest BCUT2D eigenvalue weighted by molar-refractivity contribution is 7.86. The second-order valence-corrected chi connectivity index (χ2v) is 6.07. The normalized spacial score (nSPS) is 15.4. The fourth-order valence-electron chi connectivity index (χ4n) is 1.91. The number of hydrogen-bond donors (Lipinski definition) is 0. The molecule has 0 amide bonds. The lowest BCUT2D eigenvalue weighted by atomic mass is 9.97. The summed E-state index contributed by atoms with van der Waals surface area (Å²) in [4.78, 5) is 0.905. The molecule has 0 aliphatic heterocycles. The molecule has 1 aliphatic rings. The predicted molar refractivity (Wildman–Crippen MR) is 79.6 cm³/mol. The molecule has 19 heavy (non-hydrogen) atoms. The van der Waals surface area contributed by atoms with Gasteiger partial charge in [0.15, 0.2) is 0 Å². The summed E-state index contributed by atoms with van der Waals surface area (Å²) >= 11 is 5.30. The summed E-state index contributed by atoms with van der Waals surface area (Å²) < 4.78 is 29.0. The van der Waals surface area contributed by atoms with Crippen LogP contribution in [0.15, 0.2) is 47.4 Å². The zero-order chi connectivity index (χ0) is 13.9. The Morgan fingerprint density at radius 2 is 2.05 bits per heavy atom. The Hall–Kier alpha value is -1.30. The van der Waals surface area contributed by atoms with Gasteiger partial charge < -0.3 is 0 Å². The Bertz CT molecular complexity index is 655. The minimum atomic E-state index is -3.74. The largest absolute Gasteiger partial charge is 0.297 e. The van der Waals surface area contributed by atoms with Gasteiger partial charge in [0.05, 0.1) is 6.61 Å². The summed E-state index contributed by atoms with van der Waals surface area (Å²) in [6.07, 6.45) is 6.33. The summed E-state index contributed by atoms with van der Waals surface area (Å²) in [6.45, 7) is 1.76. The van der Waals surface area contributed by atoms with Crippen LogP contribution in [-0.2, 0) is 14.3 Å². The molecule has 0 unspecified atom stereocenters. The highest BCUT2D eigenvalue weighted by atomic mass is 32.2. The first kappa shape index (κ1) is 14.1. The molecule has 5 heteroatoms. The molecular formula is C14H14O3S2. The number of benzene rings is 1. The Balaban J connectivity index is 2.57. The average Bonchev–Trinajstić information content (AvgIpc) is 2.39. The van der Waals surface area contributed by atoms with Crippen molar-refractivity contribution in [2.75, 3.05) is 6.61 Å². The lowest BCUT2D eigenvalue weighted by molar-refractivity contribution is 0.338. The topological polar surface area (TPSA) is 43.4 Å². The van der Waals surface area contributed by atoms with Crippen LogP contribution >= 0.6 is 12.2 Å². The molecule has 0 atom stereocenters. The summed E-state index contributed by atoms with van der Waals surface area (Å²) in [5.41, 5.74) is 1.38. The molecule has 0 spiro atoms. The van der Waals surface area contributed by atoms with Gasteiger partial charge in [-0.3, -0.25) is 4.18 Å². The van der Waals surface area contributed by atoms with Gasteiger partial charge in [-0.2, -0.15) is 8.42 Å². The number of hydrogen-bond acceptors (Lipinski definition) is 4. The van der Waals surface area contributed by atoms with Gasteiger partial charge in [0.1, 0.15) is 4.90 Å². The van der Waals surface area contributed by atoms with E-state index in [0.717, 1.165) is 10.4 Å². The van der Waals surface area contributed by atoms with Gasteiger partial charge in [-0.1, -0.05) is 48.6 Å². The van der Waals surface area contributed by atoms with Crippen LogP contribution in [0, 0.1) is 0 Å². The Kier molecular flexibility index (Phi) is 4.29. The lowest BCUT2D eigenvalue weighted by Crippen LogP contribution is -2.11. The third kappa shape index (κ3) is 3.00. The lowest BCUT2D eigenvalue weighted by Gasteiger charge is -2.15. The molecule has 0 fully saturated rings. The van der Waals surface area contributed by atoms with E-state index in [-0.39, 0.29) is 11.5 Å². The van der Waals surface area contributed by atoms with Crippen LogP contribution < -0.4 is 0 Å². The zero-order valence-electron chi connectivity index (χ0n) is 10.5. The van der Waals surface area contributed by atoms with Gasteiger partial charge in [-0.05, 0) is 18.6 Å². The summed E-state index contributed by atoms with van der Waals surface area (Å²) in [5, 5.41) is 0. The van der Waals surface area contributed by atoms with Crippen molar-refractivity contribution in [1.29, 1.82) is 0 Å². The van der Waals surface area contributed by atoms with Crippen LogP contribution in [0.5, 0.6) is 0 Å². The van der Waals surface area contributed by atoms with Crippen LogP contribution in [0.25, 0.3) is 5.57 Å². The van der Waals surface area contributed by atoms with Crippen molar-refractivity contribution in [3.63, 3.8) is 0 Å². The van der Waals surface area contributed by atoms with E-state index < -0.39 is 10.1 Å². The van der Waals surface area contributed by atoms with E-state index >= 15 is 0 Å². The molecule has 0 saturated heterocycles. The van der Waals surface area contributed by atoms with E-state index in [9.17, 15) is 8.42 Å². The van der Waals surface area contributed by atoms with Crippen LogP contribution in [0.4, 0.5) is 0 Å². The van der Waals surface area contributed by atoms with Gasteiger partial charge in [-0.25, -0.2) is 0 Å². The quantitative estimate of drug-likeness (QED) is 0.632. The van der Waals surface area contributed by atoms with Crippen LogP contribution in [0.2, 0.25) is 0 Å². The van der Waals surface area contributed by atoms with E-state index in [0.29, 0.717) is 12.0 Å². The Morgan fingerprint density at radius 1 is 1.32 bits per heavy atom. The smallest absolute Gasteiger partial charge is 0.267 e. The maximum atomic E-state index is 12.1. The van der Waals surface area contributed by atoms with Crippen molar-refractivity contribution in [1.82, 2.24) is 0 Å². The standard InChI is InChI=1S/C14H14O3S2/c1-2-17-19(15,16)14-10-6-4-8-12(14)11-7-3-5-9-13(11)18/h3-8,10H,2,9H2,1H3. The maximum absolute atomic E-state index is 12.1. The SMILES string of the molecule is CCOS(=O)(=O)c1ccccc1C1=CC=CCC1=S. The van der Waals surface area contributed by atoms with Crippen molar-refractivity contribution < 1.29 is 12.6 Å². The van der Waals surface area contributed by atoms with Crippen LogP contribution in [0.3, 0.4) is 0 Å². The maximum Gasteiger partial charge on any atom is 0.297 e. The van der Waals surface area contributed by atoms with Gasteiger partial charge in [0.2, 0.25) is 0 Å². The monoisotopic (exact) mass is 294 g/mol. The van der Waals surface area contributed by atoms with Crippen molar-refractivity contribution in [3.05, 3.63) is 48.1 Å². The minimum absolute atomic E-state index is 0.111. The molecule has 0 aromatic heterocycles. The summed E-state index contributed by atoms with van der Waals surface area (Å²) in [6, 6.07) is 6.77. The molecule has 2 rings (SSSR count). The van der Waals surface area contributed by atoms with Gasteiger partial charge in [0, 0.05) is 16.8 Å². The fraction of sp³-hybridized carbons (Fsp3) is 0.214. The zero-order valence-corrected chi connectivity index (χ0v) is 12.1. The number of thiocarbonyl (C=S) groups is 1. The molecule has 1 aliphatic carbocycles. The Labute approximate surface area is 118 Å². The molecule has 3 nitrogen and oxygen atoms in total. The first-order valence-electron chi connectivity index (χ1n) is 5.95. The van der Waals surface area contributed by atoms with E-state index in [1.807, 2.05) is 18.2 Å².